The number of nitrogens with one attached hydrogen (secondary N) is 1. The van der Waals surface area contributed by atoms with Gasteiger partial charge in [-0.15, -0.1) is 0 Å². The number of hydrogen-bond acceptors (Lipinski definition) is 2. The first-order valence-electron chi connectivity index (χ1n) is 3.31. The first-order chi connectivity index (χ1) is 6.06. The van der Waals surface area contributed by atoms with Gasteiger partial charge in [0, 0.05) is 6.07 Å². The normalized spacial score (nSPS) is 10.5. The fourth-order valence-corrected chi connectivity index (χ4v) is 1.10. The summed E-state index contributed by atoms with van der Waals surface area (Å²) in [5, 5.41) is -0.296. The van der Waals surface area contributed by atoms with E-state index in [4.69, 9.17) is 11.6 Å². The Morgan fingerprint density at radius 3 is 2.62 bits per heavy atom. The summed E-state index contributed by atoms with van der Waals surface area (Å²) in [4.78, 5) is 13.1. The van der Waals surface area contributed by atoms with Crippen LogP contribution < -0.4 is 10.3 Å². The van der Waals surface area contributed by atoms with Gasteiger partial charge in [0.1, 0.15) is 5.56 Å². The topological polar surface area (TPSA) is 42.1 Å². The number of aromatic amines is 1. The summed E-state index contributed by atoms with van der Waals surface area (Å²) in [6, 6.07) is 1.13. The van der Waals surface area contributed by atoms with Crippen LogP contribution in [0.5, 0.6) is 5.88 Å². The molecule has 0 saturated carbocycles. The highest BCUT2D eigenvalue weighted by atomic mass is 35.5. The van der Waals surface area contributed by atoms with Gasteiger partial charge in [-0.2, -0.15) is 0 Å². The molecule has 6 heteroatoms. The smallest absolute Gasteiger partial charge is 0.270 e. The quantitative estimate of drug-likeness (QED) is 0.809. The largest absolute Gasteiger partial charge is 0.482 e. The molecule has 3 nitrogen and oxygen atoms in total. The molecule has 1 rings (SSSR count). The minimum atomic E-state index is -2.89. The van der Waals surface area contributed by atoms with Crippen LogP contribution in [0.3, 0.4) is 0 Å². The maximum Gasteiger partial charge on any atom is 0.270 e. The van der Waals surface area contributed by atoms with E-state index in [-0.39, 0.29) is 10.9 Å². The molecule has 72 valence electrons. The highest BCUT2D eigenvalue weighted by Crippen LogP contribution is 2.25. The van der Waals surface area contributed by atoms with Crippen LogP contribution in [0.25, 0.3) is 0 Å². The van der Waals surface area contributed by atoms with Crippen molar-refractivity contribution in [2.45, 2.75) is 6.43 Å². The number of pyridine rings is 1. The van der Waals surface area contributed by atoms with Crippen molar-refractivity contribution in [2.75, 3.05) is 7.11 Å². The van der Waals surface area contributed by atoms with Crippen molar-refractivity contribution in [1.82, 2.24) is 4.98 Å². The van der Waals surface area contributed by atoms with Gasteiger partial charge >= 0.3 is 0 Å². The van der Waals surface area contributed by atoms with Crippen LogP contribution in [0, 0.1) is 0 Å². The van der Waals surface area contributed by atoms with Crippen molar-refractivity contribution >= 4 is 11.6 Å². The van der Waals surface area contributed by atoms with Gasteiger partial charge in [0.05, 0.1) is 12.1 Å². The van der Waals surface area contributed by atoms with Gasteiger partial charge in [0.2, 0.25) is 0 Å². The van der Waals surface area contributed by atoms with Gasteiger partial charge in [-0.3, -0.25) is 9.78 Å². The number of aromatic nitrogens is 1. The summed E-state index contributed by atoms with van der Waals surface area (Å²) >= 11 is 5.43. The molecule has 0 aromatic carbocycles. The molecule has 1 aromatic heterocycles. The molecular weight excluding hydrogens is 204 g/mol. The lowest BCUT2D eigenvalue weighted by Gasteiger charge is -2.04. The summed E-state index contributed by atoms with van der Waals surface area (Å²) in [6.45, 7) is 0. The second-order valence-corrected chi connectivity index (χ2v) is 2.64. The van der Waals surface area contributed by atoms with E-state index in [0.717, 1.165) is 6.07 Å². The fourth-order valence-electron chi connectivity index (χ4n) is 0.830. The number of ether oxygens (including phenoxy) is 1. The summed E-state index contributed by atoms with van der Waals surface area (Å²) in [6.07, 6.45) is -2.89. The van der Waals surface area contributed by atoms with Crippen molar-refractivity contribution in [3.05, 3.63) is 27.0 Å². The van der Waals surface area contributed by atoms with E-state index < -0.39 is 17.5 Å². The van der Waals surface area contributed by atoms with E-state index >= 15 is 0 Å². The standard InChI is InChI=1S/C7H6ClF2NO2/c1-13-4-2-3(8)5(6(9)10)7(12)11-4/h2,6H,1H3,(H,11,12). The van der Waals surface area contributed by atoms with Gasteiger partial charge < -0.3 is 4.74 Å². The zero-order valence-electron chi connectivity index (χ0n) is 6.61. The Morgan fingerprint density at radius 1 is 1.62 bits per heavy atom. The second kappa shape index (κ2) is 3.74. The molecular formula is C7H6ClF2NO2. The van der Waals surface area contributed by atoms with E-state index in [9.17, 15) is 13.6 Å². The van der Waals surface area contributed by atoms with Crippen LogP contribution in [0.2, 0.25) is 5.02 Å². The Labute approximate surface area is 77.3 Å². The number of methoxy groups -OCH3 is 1. The molecule has 1 N–H and O–H groups in total. The lowest BCUT2D eigenvalue weighted by atomic mass is 10.3. The SMILES string of the molecule is COc1cc(Cl)c(C(F)F)c(=O)[nH]1. The minimum Gasteiger partial charge on any atom is -0.482 e. The Morgan fingerprint density at radius 2 is 2.23 bits per heavy atom. The zero-order chi connectivity index (χ0) is 10.0. The molecule has 0 amide bonds. The molecule has 0 fully saturated rings. The summed E-state index contributed by atoms with van der Waals surface area (Å²) in [5.74, 6) is 0.0550. The highest BCUT2D eigenvalue weighted by Gasteiger charge is 2.17. The Kier molecular flexibility index (Phi) is 2.87. The molecule has 0 aliphatic heterocycles. The van der Waals surface area contributed by atoms with Crippen LogP contribution in [0.4, 0.5) is 8.78 Å². The van der Waals surface area contributed by atoms with Gasteiger partial charge in [-0.1, -0.05) is 11.6 Å². The molecule has 0 spiro atoms. The molecule has 0 radical (unpaired) electrons. The number of alkyl halides is 2. The molecule has 13 heavy (non-hydrogen) atoms. The molecule has 0 bridgehead atoms. The number of rotatable bonds is 2. The van der Waals surface area contributed by atoms with Crippen molar-refractivity contribution < 1.29 is 13.5 Å². The monoisotopic (exact) mass is 209 g/mol. The molecule has 1 aromatic rings. The van der Waals surface area contributed by atoms with Gasteiger partial charge in [0.15, 0.2) is 5.88 Å². The van der Waals surface area contributed by atoms with Crippen LogP contribution in [0.15, 0.2) is 10.9 Å². The van der Waals surface area contributed by atoms with Crippen molar-refractivity contribution in [3.8, 4) is 5.88 Å². The lowest BCUT2D eigenvalue weighted by Crippen LogP contribution is -2.14. The first-order valence-corrected chi connectivity index (χ1v) is 3.69. The van der Waals surface area contributed by atoms with Crippen LogP contribution in [-0.4, -0.2) is 12.1 Å². The fraction of sp³-hybridized carbons (Fsp3) is 0.286. The second-order valence-electron chi connectivity index (χ2n) is 2.23. The summed E-state index contributed by atoms with van der Waals surface area (Å²) in [7, 11) is 1.30. The molecule has 0 atom stereocenters. The predicted octanol–water partition coefficient (Wildman–Crippen LogP) is 1.97. The molecule has 0 unspecified atom stereocenters. The number of halogens is 3. The third-order valence-corrected chi connectivity index (χ3v) is 1.75. The summed E-state index contributed by atoms with van der Waals surface area (Å²) in [5.41, 5.74) is -1.66. The maximum absolute atomic E-state index is 12.2. The summed E-state index contributed by atoms with van der Waals surface area (Å²) < 4.78 is 29.0. The van der Waals surface area contributed by atoms with Crippen molar-refractivity contribution in [2.24, 2.45) is 0 Å². The maximum atomic E-state index is 12.2. The van der Waals surface area contributed by atoms with Gasteiger partial charge in [0.25, 0.3) is 12.0 Å². The van der Waals surface area contributed by atoms with Crippen molar-refractivity contribution in [3.63, 3.8) is 0 Å². The third kappa shape index (κ3) is 1.98. The zero-order valence-corrected chi connectivity index (χ0v) is 7.36. The highest BCUT2D eigenvalue weighted by molar-refractivity contribution is 6.31. The Bertz CT molecular complexity index is 364. The predicted molar refractivity (Wildman–Crippen MR) is 43.6 cm³/mol. The van der Waals surface area contributed by atoms with Crippen molar-refractivity contribution in [1.29, 1.82) is 0 Å². The lowest BCUT2D eigenvalue weighted by molar-refractivity contribution is 0.149. The van der Waals surface area contributed by atoms with Crippen LogP contribution in [-0.2, 0) is 0 Å². The Balaban J connectivity index is 3.32. The number of hydrogen-bond donors (Lipinski definition) is 1. The van der Waals surface area contributed by atoms with Crippen LogP contribution in [0.1, 0.15) is 12.0 Å². The third-order valence-electron chi connectivity index (χ3n) is 1.43. The minimum absolute atomic E-state index is 0.0550. The van der Waals surface area contributed by atoms with Crippen LogP contribution >= 0.6 is 11.6 Å². The van der Waals surface area contributed by atoms with Gasteiger partial charge in [-0.05, 0) is 0 Å². The van der Waals surface area contributed by atoms with E-state index in [1.165, 1.54) is 7.11 Å². The molecule has 0 aliphatic carbocycles. The first kappa shape index (κ1) is 9.98. The van der Waals surface area contributed by atoms with E-state index in [2.05, 4.69) is 9.72 Å². The average molecular weight is 210 g/mol. The average Bonchev–Trinajstić information content (AvgIpc) is 2.02. The Hall–Kier alpha value is -1.10. The molecule has 0 aliphatic rings. The van der Waals surface area contributed by atoms with E-state index in [1.807, 2.05) is 0 Å². The molecule has 1 heterocycles. The van der Waals surface area contributed by atoms with Gasteiger partial charge in [-0.25, -0.2) is 8.78 Å². The molecule has 0 saturated heterocycles. The van der Waals surface area contributed by atoms with E-state index in [0.29, 0.717) is 0 Å². The number of H-pyrrole nitrogens is 1. The van der Waals surface area contributed by atoms with E-state index in [1.54, 1.807) is 0 Å².